The van der Waals surface area contributed by atoms with Crippen LogP contribution in [0.4, 0.5) is 0 Å². The molecule has 0 unspecified atom stereocenters. The Bertz CT molecular complexity index is 924. The van der Waals surface area contributed by atoms with Crippen LogP contribution in [0.1, 0.15) is 26.3 Å². The molecule has 0 bridgehead atoms. The van der Waals surface area contributed by atoms with Crippen molar-refractivity contribution >= 4 is 5.97 Å². The van der Waals surface area contributed by atoms with Gasteiger partial charge in [-0.15, -0.1) is 0 Å². The number of rotatable bonds is 8. The highest BCUT2D eigenvalue weighted by molar-refractivity contribution is 5.90. The fourth-order valence-corrected chi connectivity index (χ4v) is 3.58. The smallest absolute Gasteiger partial charge is 0.503 e. The molecule has 0 aromatic heterocycles. The lowest BCUT2D eigenvalue weighted by Crippen LogP contribution is -2.38. The fourth-order valence-electron chi connectivity index (χ4n) is 3.58. The minimum atomic E-state index is -1.20. The molecule has 3 rings (SSSR count). The van der Waals surface area contributed by atoms with E-state index in [1.807, 2.05) is 0 Å². The molecule has 2 aliphatic rings. The molecule has 1 aromatic rings. The molecule has 0 aliphatic carbocycles. The molecule has 0 spiro atoms. The van der Waals surface area contributed by atoms with Gasteiger partial charge in [-0.1, -0.05) is 6.07 Å². The molecule has 32 heavy (non-hydrogen) atoms. The molecular formula is C21H27N2O9+. The van der Waals surface area contributed by atoms with E-state index in [4.69, 9.17) is 33.2 Å². The van der Waals surface area contributed by atoms with E-state index in [0.717, 1.165) is 5.56 Å². The second-order valence-corrected chi connectivity index (χ2v) is 7.54. The summed E-state index contributed by atoms with van der Waals surface area (Å²) in [6.07, 6.45) is -3.66. The zero-order valence-electron chi connectivity index (χ0n) is 18.6. The molecule has 0 radical (unpaired) electrons. The summed E-state index contributed by atoms with van der Waals surface area (Å²) < 4.78 is 38.8. The lowest BCUT2D eigenvalue weighted by molar-refractivity contribution is -0.217. The Morgan fingerprint density at radius 1 is 1.22 bits per heavy atom. The average Bonchev–Trinajstić information content (AvgIpc) is 3.24. The van der Waals surface area contributed by atoms with Crippen LogP contribution < -0.4 is 9.47 Å². The van der Waals surface area contributed by atoms with Crippen LogP contribution in [0.25, 0.3) is 4.98 Å². The van der Waals surface area contributed by atoms with Gasteiger partial charge in [0.1, 0.15) is 12.2 Å². The summed E-state index contributed by atoms with van der Waals surface area (Å²) in [5.41, 5.74) is 0.0692. The molecule has 2 aliphatic heterocycles. The van der Waals surface area contributed by atoms with Gasteiger partial charge in [0.2, 0.25) is 11.2 Å². The van der Waals surface area contributed by atoms with E-state index in [2.05, 4.69) is 4.98 Å². The fraction of sp³-hybridized carbons (Fsp3) is 0.571. The first-order valence-electron chi connectivity index (χ1n) is 10.0. The van der Waals surface area contributed by atoms with Crippen LogP contribution in [-0.4, -0.2) is 62.3 Å². The number of hydrogen-bond donors (Lipinski definition) is 1. The second-order valence-electron chi connectivity index (χ2n) is 7.54. The molecule has 0 amide bonds. The Morgan fingerprint density at radius 2 is 1.94 bits per heavy atom. The van der Waals surface area contributed by atoms with Crippen LogP contribution in [0.15, 0.2) is 29.7 Å². The maximum atomic E-state index is 12.1. The number of aliphatic hydroxyl groups is 1. The van der Waals surface area contributed by atoms with E-state index in [1.54, 1.807) is 39.0 Å². The molecule has 0 saturated carbocycles. The number of hydrogen-bond acceptors (Lipinski definition) is 10. The first-order valence-corrected chi connectivity index (χ1v) is 10.0. The summed E-state index contributed by atoms with van der Waals surface area (Å²) in [6, 6.07) is 5.28. The lowest BCUT2D eigenvalue weighted by Gasteiger charge is -2.25. The summed E-state index contributed by atoms with van der Waals surface area (Å²) in [7, 11) is 3.06. The summed E-state index contributed by atoms with van der Waals surface area (Å²) >= 11 is 0. The maximum absolute atomic E-state index is 12.1. The number of diazo groups is 1. The minimum absolute atomic E-state index is 0.0293. The van der Waals surface area contributed by atoms with Crippen LogP contribution in [0.2, 0.25) is 0 Å². The van der Waals surface area contributed by atoms with Crippen molar-refractivity contribution in [3.63, 3.8) is 0 Å². The van der Waals surface area contributed by atoms with Gasteiger partial charge in [-0.2, -0.15) is 0 Å². The first kappa shape index (κ1) is 23.7. The van der Waals surface area contributed by atoms with Crippen molar-refractivity contribution in [1.29, 1.82) is 5.39 Å². The molecule has 4 atom stereocenters. The molecule has 1 N–H and O–H groups in total. The van der Waals surface area contributed by atoms with Gasteiger partial charge in [0.25, 0.3) is 0 Å². The van der Waals surface area contributed by atoms with E-state index >= 15 is 0 Å². The molecule has 1 aromatic carbocycles. The topological polar surface area (TPSA) is 130 Å². The number of fused-ring (bicyclic) bond motifs is 1. The third-order valence-electron chi connectivity index (χ3n) is 4.96. The highest BCUT2D eigenvalue weighted by Gasteiger charge is 2.58. The van der Waals surface area contributed by atoms with Crippen molar-refractivity contribution in [2.45, 2.75) is 57.8 Å². The molecular weight excluding hydrogens is 424 g/mol. The van der Waals surface area contributed by atoms with Crippen LogP contribution >= 0.6 is 0 Å². The molecule has 2 saturated heterocycles. The average molecular weight is 451 g/mol. The van der Waals surface area contributed by atoms with E-state index in [-0.39, 0.29) is 13.2 Å². The van der Waals surface area contributed by atoms with Gasteiger partial charge in [-0.3, -0.25) is 0 Å². The number of carbonyl (C=O) groups excluding carboxylic acids is 1. The normalized spacial score (nSPS) is 26.6. The van der Waals surface area contributed by atoms with Gasteiger partial charge < -0.3 is 38.3 Å². The summed E-state index contributed by atoms with van der Waals surface area (Å²) in [6.45, 7) is 5.15. The van der Waals surface area contributed by atoms with Crippen molar-refractivity contribution in [1.82, 2.24) is 0 Å². The Kier molecular flexibility index (Phi) is 7.20. The van der Waals surface area contributed by atoms with Gasteiger partial charge in [0, 0.05) is 0 Å². The Hall–Kier alpha value is -2.91. The number of esters is 1. The van der Waals surface area contributed by atoms with Crippen molar-refractivity contribution in [2.24, 2.45) is 0 Å². The maximum Gasteiger partial charge on any atom is 0.508 e. The van der Waals surface area contributed by atoms with E-state index in [1.165, 1.54) is 14.2 Å². The molecule has 11 nitrogen and oxygen atoms in total. The predicted molar refractivity (Wildman–Crippen MR) is 108 cm³/mol. The van der Waals surface area contributed by atoms with Gasteiger partial charge >= 0.3 is 11.7 Å². The highest BCUT2D eigenvalue weighted by atomic mass is 16.8. The SMILES string of the molecule is CCOC(=O)/C([N+]#N)=C(\O)[C@H]1O[C@@H]2OC(C)(C)O[C@@H]2[C@H]1OCc1ccc(OC)c(OC)c1. The Balaban J connectivity index is 1.86. The predicted octanol–water partition coefficient (Wildman–Crippen LogP) is 2.65. The van der Waals surface area contributed by atoms with Crippen LogP contribution in [0, 0.1) is 5.39 Å². The number of methoxy groups -OCH3 is 2. The van der Waals surface area contributed by atoms with Crippen molar-refractivity contribution in [2.75, 3.05) is 20.8 Å². The third-order valence-corrected chi connectivity index (χ3v) is 4.96. The van der Waals surface area contributed by atoms with Crippen molar-refractivity contribution in [3.05, 3.63) is 40.2 Å². The van der Waals surface area contributed by atoms with E-state index < -0.39 is 47.8 Å². The van der Waals surface area contributed by atoms with Crippen molar-refractivity contribution in [3.8, 4) is 11.5 Å². The van der Waals surface area contributed by atoms with Crippen LogP contribution in [0.5, 0.6) is 11.5 Å². The number of aliphatic hydroxyl groups excluding tert-OH is 1. The second kappa shape index (κ2) is 9.70. The number of carbonyl (C=O) groups is 1. The summed E-state index contributed by atoms with van der Waals surface area (Å²) in [4.78, 5) is 14.9. The monoisotopic (exact) mass is 451 g/mol. The number of nitrogens with zero attached hydrogens (tertiary/aromatic N) is 2. The Morgan fingerprint density at radius 3 is 2.56 bits per heavy atom. The third kappa shape index (κ3) is 4.78. The van der Waals surface area contributed by atoms with Crippen molar-refractivity contribution < 1.29 is 43.1 Å². The standard InChI is InChI=1S/C21H26N2O9/c1-6-28-19(25)14(23-22)15(24)16-17(18-20(30-16)32-21(2,3)31-18)29-10-11-7-8-12(26-4)13(9-11)27-5/h7-9,16-18,20H,6,10H2,1-5H3/p+1/t16-,17+,18-,20-/m1/s1. The number of benzene rings is 1. The van der Waals surface area contributed by atoms with Gasteiger partial charge in [-0.25, -0.2) is 4.79 Å². The molecule has 2 heterocycles. The lowest BCUT2D eigenvalue weighted by atomic mass is 10.1. The first-order chi connectivity index (χ1) is 15.2. The van der Waals surface area contributed by atoms with E-state index in [9.17, 15) is 15.3 Å². The summed E-state index contributed by atoms with van der Waals surface area (Å²) in [5, 5.41) is 19.9. The van der Waals surface area contributed by atoms with Gasteiger partial charge in [0.05, 0.1) is 27.4 Å². The minimum Gasteiger partial charge on any atom is -0.503 e. The zero-order chi connectivity index (χ0) is 23.5. The van der Waals surface area contributed by atoms with Crippen LogP contribution in [-0.2, 0) is 35.1 Å². The van der Waals surface area contributed by atoms with E-state index in [0.29, 0.717) is 11.5 Å². The Labute approximate surface area is 185 Å². The highest BCUT2D eigenvalue weighted by Crippen LogP contribution is 2.41. The van der Waals surface area contributed by atoms with Gasteiger partial charge in [0.15, 0.2) is 34.7 Å². The largest absolute Gasteiger partial charge is 0.508 e. The number of ether oxygens (including phenoxy) is 7. The van der Waals surface area contributed by atoms with Gasteiger partial charge in [-0.05, 0) is 38.5 Å². The molecule has 11 heteroatoms. The summed E-state index contributed by atoms with van der Waals surface area (Å²) in [5.74, 6) is -1.50. The van der Waals surface area contributed by atoms with Crippen LogP contribution in [0.3, 0.4) is 0 Å². The zero-order valence-corrected chi connectivity index (χ0v) is 18.6. The molecule has 174 valence electrons. The molecule has 2 fully saturated rings. The quantitative estimate of drug-likeness (QED) is 0.272.